The van der Waals surface area contributed by atoms with Gasteiger partial charge in [0.25, 0.3) is 0 Å². The van der Waals surface area contributed by atoms with Gasteiger partial charge in [-0.3, -0.25) is 0 Å². The molecule has 1 aliphatic rings. The zero-order valence-electron chi connectivity index (χ0n) is 10.7. The number of methoxy groups -OCH3 is 2. The number of hydrogen-bond acceptors (Lipinski definition) is 3. The van der Waals surface area contributed by atoms with E-state index in [1.165, 1.54) is 24.8 Å². The van der Waals surface area contributed by atoms with E-state index in [1.54, 1.807) is 14.2 Å². The highest BCUT2D eigenvalue weighted by Gasteiger charge is 2.19. The molecule has 0 aliphatic heterocycles. The highest BCUT2D eigenvalue weighted by atomic mass is 16.5. The summed E-state index contributed by atoms with van der Waals surface area (Å²) in [6.07, 6.45) is 4.17. The highest BCUT2D eigenvalue weighted by Crippen LogP contribution is 2.31. The number of benzene rings is 1. The molecule has 0 spiro atoms. The largest absolute Gasteiger partial charge is 0.493 e. The quantitative estimate of drug-likeness (QED) is 0.737. The molecule has 0 radical (unpaired) electrons. The summed E-state index contributed by atoms with van der Waals surface area (Å²) in [5.74, 6) is 2.58. The van der Waals surface area contributed by atoms with Gasteiger partial charge in [0.15, 0.2) is 11.5 Å². The number of hydrogen-bond donors (Lipinski definition) is 1. The molecule has 1 aromatic carbocycles. The molecule has 1 N–H and O–H groups in total. The highest BCUT2D eigenvalue weighted by molar-refractivity contribution is 5.42. The minimum absolute atomic E-state index is 0.786. The molecular weight excluding hydrogens is 214 g/mol. The van der Waals surface area contributed by atoms with Crippen molar-refractivity contribution in [1.82, 2.24) is 5.32 Å². The van der Waals surface area contributed by atoms with Gasteiger partial charge in [-0.2, -0.15) is 0 Å². The first-order valence-corrected chi connectivity index (χ1v) is 6.25. The molecule has 0 saturated heterocycles. The Hall–Kier alpha value is -1.22. The Morgan fingerprint density at radius 2 is 1.94 bits per heavy atom. The van der Waals surface area contributed by atoms with Crippen molar-refractivity contribution in [3.05, 3.63) is 23.8 Å². The van der Waals surface area contributed by atoms with Gasteiger partial charge < -0.3 is 14.8 Å². The van der Waals surface area contributed by atoms with Crippen LogP contribution in [0.5, 0.6) is 11.5 Å². The molecule has 1 saturated carbocycles. The second-order valence-electron chi connectivity index (χ2n) is 4.60. The molecule has 0 unspecified atom stereocenters. The fraction of sp³-hybridized carbons (Fsp3) is 0.571. The Kier molecular flexibility index (Phi) is 4.26. The first-order valence-electron chi connectivity index (χ1n) is 6.25. The predicted octanol–water partition coefficient (Wildman–Crippen LogP) is 2.59. The van der Waals surface area contributed by atoms with Crippen LogP contribution >= 0.6 is 0 Å². The Balaban J connectivity index is 1.82. The van der Waals surface area contributed by atoms with Crippen LogP contribution in [0.4, 0.5) is 0 Å². The molecule has 2 rings (SSSR count). The van der Waals surface area contributed by atoms with Crippen molar-refractivity contribution in [1.29, 1.82) is 0 Å². The fourth-order valence-corrected chi connectivity index (χ4v) is 1.94. The van der Waals surface area contributed by atoms with Gasteiger partial charge >= 0.3 is 0 Å². The topological polar surface area (TPSA) is 30.5 Å². The molecule has 1 aromatic rings. The van der Waals surface area contributed by atoms with Gasteiger partial charge in [0.05, 0.1) is 14.2 Å². The first-order chi connectivity index (χ1) is 8.33. The van der Waals surface area contributed by atoms with Gasteiger partial charge in [0.1, 0.15) is 0 Å². The third-order valence-electron chi connectivity index (χ3n) is 3.20. The zero-order chi connectivity index (χ0) is 12.1. The summed E-state index contributed by atoms with van der Waals surface area (Å²) < 4.78 is 10.5. The summed E-state index contributed by atoms with van der Waals surface area (Å²) >= 11 is 0. The number of nitrogens with one attached hydrogen (secondary N) is 1. The lowest BCUT2D eigenvalue weighted by atomic mass is 10.2. The Labute approximate surface area is 103 Å². The predicted molar refractivity (Wildman–Crippen MR) is 68.6 cm³/mol. The number of rotatable bonds is 7. The average molecular weight is 235 g/mol. The van der Waals surface area contributed by atoms with Crippen LogP contribution in [-0.4, -0.2) is 20.8 Å². The Morgan fingerprint density at radius 3 is 2.59 bits per heavy atom. The lowest BCUT2D eigenvalue weighted by molar-refractivity contribution is 0.354. The minimum Gasteiger partial charge on any atom is -0.493 e. The van der Waals surface area contributed by atoms with Crippen LogP contribution in [0, 0.1) is 5.92 Å². The smallest absolute Gasteiger partial charge is 0.161 e. The van der Waals surface area contributed by atoms with Gasteiger partial charge in [-0.25, -0.2) is 0 Å². The van der Waals surface area contributed by atoms with Crippen LogP contribution in [0.1, 0.15) is 24.8 Å². The van der Waals surface area contributed by atoms with E-state index in [0.717, 1.165) is 30.5 Å². The lowest BCUT2D eigenvalue weighted by Gasteiger charge is -2.10. The van der Waals surface area contributed by atoms with E-state index < -0.39 is 0 Å². The second-order valence-corrected chi connectivity index (χ2v) is 4.60. The van der Waals surface area contributed by atoms with E-state index in [9.17, 15) is 0 Å². The zero-order valence-corrected chi connectivity index (χ0v) is 10.7. The van der Waals surface area contributed by atoms with Gasteiger partial charge in [-0.1, -0.05) is 18.9 Å². The van der Waals surface area contributed by atoms with Gasteiger partial charge in [-0.15, -0.1) is 0 Å². The molecule has 0 bridgehead atoms. The monoisotopic (exact) mass is 235 g/mol. The molecule has 3 nitrogen and oxygen atoms in total. The van der Waals surface area contributed by atoms with Crippen molar-refractivity contribution < 1.29 is 9.47 Å². The summed E-state index contributed by atoms with van der Waals surface area (Å²) in [7, 11) is 3.33. The van der Waals surface area contributed by atoms with Gasteiger partial charge in [0, 0.05) is 6.54 Å². The maximum absolute atomic E-state index is 5.28. The molecule has 94 valence electrons. The molecule has 0 amide bonds. The summed E-state index contributed by atoms with van der Waals surface area (Å²) in [6, 6.07) is 6.06. The molecule has 17 heavy (non-hydrogen) atoms. The molecule has 3 heteroatoms. The van der Waals surface area contributed by atoms with E-state index in [4.69, 9.17) is 9.47 Å². The van der Waals surface area contributed by atoms with Crippen LogP contribution in [0.25, 0.3) is 0 Å². The van der Waals surface area contributed by atoms with Crippen LogP contribution in [0.3, 0.4) is 0 Å². The van der Waals surface area contributed by atoms with Crippen molar-refractivity contribution >= 4 is 0 Å². The molecule has 1 aliphatic carbocycles. The first kappa shape index (κ1) is 12.2. The van der Waals surface area contributed by atoms with Crippen LogP contribution in [-0.2, 0) is 6.54 Å². The Bertz CT molecular complexity index is 361. The minimum atomic E-state index is 0.786. The third kappa shape index (κ3) is 3.63. The van der Waals surface area contributed by atoms with E-state index in [0.29, 0.717) is 0 Å². The lowest BCUT2D eigenvalue weighted by Crippen LogP contribution is -2.15. The van der Waals surface area contributed by atoms with Gasteiger partial charge in [0.2, 0.25) is 0 Å². The van der Waals surface area contributed by atoms with Crippen LogP contribution in [0.15, 0.2) is 18.2 Å². The SMILES string of the molecule is COc1ccc(CNCCC2CC2)cc1OC. The number of ether oxygens (including phenoxy) is 2. The van der Waals surface area contributed by atoms with E-state index in [-0.39, 0.29) is 0 Å². The van der Waals surface area contributed by atoms with Crippen LogP contribution in [0.2, 0.25) is 0 Å². The van der Waals surface area contributed by atoms with Crippen molar-refractivity contribution in [2.75, 3.05) is 20.8 Å². The van der Waals surface area contributed by atoms with Gasteiger partial charge in [-0.05, 0) is 36.6 Å². The average Bonchev–Trinajstić information content (AvgIpc) is 3.18. The van der Waals surface area contributed by atoms with Crippen molar-refractivity contribution in [3.8, 4) is 11.5 Å². The summed E-state index contributed by atoms with van der Waals surface area (Å²) in [6.45, 7) is 2.01. The van der Waals surface area contributed by atoms with E-state index in [1.807, 2.05) is 12.1 Å². The standard InChI is InChI=1S/C14H21NO2/c1-16-13-6-5-12(9-14(13)17-2)10-15-8-7-11-3-4-11/h5-6,9,11,15H,3-4,7-8,10H2,1-2H3. The summed E-state index contributed by atoms with van der Waals surface area (Å²) in [4.78, 5) is 0. The summed E-state index contributed by atoms with van der Waals surface area (Å²) in [5.41, 5.74) is 1.23. The maximum atomic E-state index is 5.28. The molecule has 0 heterocycles. The normalized spacial score (nSPS) is 14.7. The maximum Gasteiger partial charge on any atom is 0.161 e. The van der Waals surface area contributed by atoms with Crippen molar-refractivity contribution in [2.45, 2.75) is 25.8 Å². The van der Waals surface area contributed by atoms with Crippen LogP contribution < -0.4 is 14.8 Å². The third-order valence-corrected chi connectivity index (χ3v) is 3.20. The molecule has 1 fully saturated rings. The molecule has 0 aromatic heterocycles. The van der Waals surface area contributed by atoms with E-state index >= 15 is 0 Å². The Morgan fingerprint density at radius 1 is 1.18 bits per heavy atom. The molecule has 0 atom stereocenters. The van der Waals surface area contributed by atoms with E-state index in [2.05, 4.69) is 11.4 Å². The van der Waals surface area contributed by atoms with Crippen molar-refractivity contribution in [2.24, 2.45) is 5.92 Å². The molecular formula is C14H21NO2. The fourth-order valence-electron chi connectivity index (χ4n) is 1.94. The summed E-state index contributed by atoms with van der Waals surface area (Å²) in [5, 5.41) is 3.47. The van der Waals surface area contributed by atoms with Crippen molar-refractivity contribution in [3.63, 3.8) is 0 Å². The second kappa shape index (κ2) is 5.92.